The van der Waals surface area contributed by atoms with Crippen LogP contribution < -0.4 is 0 Å². The Hall–Kier alpha value is -1.31. The highest BCUT2D eigenvalue weighted by Crippen LogP contribution is 2.55. The third-order valence-corrected chi connectivity index (χ3v) is 4.68. The van der Waals surface area contributed by atoms with Crippen molar-refractivity contribution in [2.24, 2.45) is 5.41 Å². The highest BCUT2D eigenvalue weighted by Gasteiger charge is 2.52. The molecule has 2 aliphatic rings. The number of benzene rings is 1. The Bertz CT molecular complexity index is 449. The molecule has 1 aromatic rings. The topological polar surface area (TPSA) is 20.3 Å². The maximum atomic E-state index is 12.6. The molecule has 1 saturated carbocycles. The Morgan fingerprint density at radius 3 is 2.56 bits per heavy atom. The van der Waals surface area contributed by atoms with Crippen molar-refractivity contribution in [3.05, 3.63) is 35.9 Å². The molecule has 2 atom stereocenters. The van der Waals surface area contributed by atoms with E-state index in [0.717, 1.165) is 12.1 Å². The van der Waals surface area contributed by atoms with Crippen LogP contribution >= 0.6 is 0 Å². The van der Waals surface area contributed by atoms with E-state index in [-0.39, 0.29) is 5.92 Å². The molecule has 1 heterocycles. The van der Waals surface area contributed by atoms with Crippen LogP contribution in [0.5, 0.6) is 0 Å². The van der Waals surface area contributed by atoms with Crippen molar-refractivity contribution >= 4 is 5.91 Å². The molecule has 1 spiro atoms. The van der Waals surface area contributed by atoms with Gasteiger partial charge in [-0.05, 0) is 44.1 Å². The zero-order valence-corrected chi connectivity index (χ0v) is 11.2. The average Bonchev–Trinajstić information content (AvgIpc) is 3.06. The summed E-state index contributed by atoms with van der Waals surface area (Å²) in [4.78, 5) is 14.7. The van der Waals surface area contributed by atoms with Crippen molar-refractivity contribution in [3.8, 4) is 0 Å². The van der Waals surface area contributed by atoms with Gasteiger partial charge in [0.05, 0.1) is 5.92 Å². The first-order valence-corrected chi connectivity index (χ1v) is 6.97. The molecule has 1 aliphatic heterocycles. The van der Waals surface area contributed by atoms with E-state index < -0.39 is 0 Å². The first-order valence-electron chi connectivity index (χ1n) is 6.97. The molecule has 1 amide bonds. The van der Waals surface area contributed by atoms with Crippen molar-refractivity contribution in [2.45, 2.75) is 45.1 Å². The molecule has 96 valence electrons. The quantitative estimate of drug-likeness (QED) is 0.781. The van der Waals surface area contributed by atoms with Crippen LogP contribution in [0.4, 0.5) is 0 Å². The van der Waals surface area contributed by atoms with Crippen LogP contribution in [0, 0.1) is 5.41 Å². The number of hydrogen-bond donors (Lipinski definition) is 0. The van der Waals surface area contributed by atoms with Crippen LogP contribution in [0.15, 0.2) is 30.3 Å². The summed E-state index contributed by atoms with van der Waals surface area (Å²) >= 11 is 0. The third-order valence-electron chi connectivity index (χ3n) is 4.68. The van der Waals surface area contributed by atoms with Gasteiger partial charge in [0.25, 0.3) is 0 Å². The number of nitrogens with zero attached hydrogens (tertiary/aromatic N) is 1. The molecule has 1 aromatic carbocycles. The average molecular weight is 243 g/mol. The highest BCUT2D eigenvalue weighted by atomic mass is 16.2. The molecular formula is C16H21NO. The van der Waals surface area contributed by atoms with Gasteiger partial charge < -0.3 is 4.90 Å². The molecule has 0 aromatic heterocycles. The minimum absolute atomic E-state index is 0.0115. The Morgan fingerprint density at radius 1 is 1.33 bits per heavy atom. The summed E-state index contributed by atoms with van der Waals surface area (Å²) in [6.07, 6.45) is 3.85. The fourth-order valence-corrected chi connectivity index (χ4v) is 3.29. The molecule has 2 fully saturated rings. The van der Waals surface area contributed by atoms with Gasteiger partial charge in [0, 0.05) is 12.6 Å². The Balaban J connectivity index is 1.75. The van der Waals surface area contributed by atoms with Crippen molar-refractivity contribution in [1.82, 2.24) is 4.90 Å². The molecule has 0 bridgehead atoms. The first kappa shape index (κ1) is 11.8. The summed E-state index contributed by atoms with van der Waals surface area (Å²) in [5, 5.41) is 0. The highest BCUT2D eigenvalue weighted by molar-refractivity contribution is 5.84. The minimum Gasteiger partial charge on any atom is -0.339 e. The number of carbonyl (C=O) groups excluding carboxylic acids is 1. The molecule has 1 aliphatic carbocycles. The van der Waals surface area contributed by atoms with Crippen molar-refractivity contribution in [1.29, 1.82) is 0 Å². The number of carbonyl (C=O) groups is 1. The summed E-state index contributed by atoms with van der Waals surface area (Å²) in [7, 11) is 0. The number of likely N-dealkylation sites (tertiary alicyclic amines) is 1. The second-order valence-electron chi connectivity index (χ2n) is 6.15. The Morgan fingerprint density at radius 2 is 2.00 bits per heavy atom. The molecule has 2 nitrogen and oxygen atoms in total. The zero-order chi connectivity index (χ0) is 12.8. The van der Waals surface area contributed by atoms with E-state index in [0.29, 0.717) is 17.4 Å². The lowest BCUT2D eigenvalue weighted by Gasteiger charge is -2.25. The molecule has 1 unspecified atom stereocenters. The van der Waals surface area contributed by atoms with Gasteiger partial charge in [-0.2, -0.15) is 0 Å². The lowest BCUT2D eigenvalue weighted by Crippen LogP contribution is -2.37. The summed E-state index contributed by atoms with van der Waals surface area (Å²) in [5.74, 6) is 0.292. The van der Waals surface area contributed by atoms with E-state index in [1.165, 1.54) is 19.3 Å². The number of hydrogen-bond acceptors (Lipinski definition) is 1. The lowest BCUT2D eigenvalue weighted by atomic mass is 9.99. The molecule has 2 heteroatoms. The van der Waals surface area contributed by atoms with Gasteiger partial charge in [-0.25, -0.2) is 0 Å². The summed E-state index contributed by atoms with van der Waals surface area (Å²) in [6, 6.07) is 10.5. The Kier molecular flexibility index (Phi) is 2.69. The van der Waals surface area contributed by atoms with Gasteiger partial charge in [-0.1, -0.05) is 30.3 Å². The first-order chi connectivity index (χ1) is 8.61. The van der Waals surface area contributed by atoms with E-state index in [2.05, 4.69) is 24.0 Å². The fraction of sp³-hybridized carbons (Fsp3) is 0.562. The predicted octanol–water partition coefficient (Wildman–Crippen LogP) is 3.19. The summed E-state index contributed by atoms with van der Waals surface area (Å²) in [6.45, 7) is 5.22. The van der Waals surface area contributed by atoms with E-state index in [1.807, 2.05) is 25.1 Å². The Labute approximate surface area is 109 Å². The van der Waals surface area contributed by atoms with Gasteiger partial charge in [0.1, 0.15) is 0 Å². The van der Waals surface area contributed by atoms with Gasteiger partial charge in [0.2, 0.25) is 5.91 Å². The number of rotatable bonds is 2. The van der Waals surface area contributed by atoms with Crippen molar-refractivity contribution in [3.63, 3.8) is 0 Å². The molecule has 0 radical (unpaired) electrons. The van der Waals surface area contributed by atoms with E-state index in [9.17, 15) is 4.79 Å². The molecule has 18 heavy (non-hydrogen) atoms. The molecular weight excluding hydrogens is 222 g/mol. The predicted molar refractivity (Wildman–Crippen MR) is 72.3 cm³/mol. The summed E-state index contributed by atoms with van der Waals surface area (Å²) in [5.41, 5.74) is 1.64. The van der Waals surface area contributed by atoms with Gasteiger partial charge in [-0.3, -0.25) is 4.79 Å². The van der Waals surface area contributed by atoms with Crippen LogP contribution in [0.25, 0.3) is 0 Å². The monoisotopic (exact) mass is 243 g/mol. The van der Waals surface area contributed by atoms with Crippen LogP contribution in [-0.2, 0) is 4.79 Å². The second kappa shape index (κ2) is 4.11. The summed E-state index contributed by atoms with van der Waals surface area (Å²) < 4.78 is 0. The van der Waals surface area contributed by atoms with Crippen LogP contribution in [0.1, 0.15) is 44.6 Å². The fourth-order valence-electron chi connectivity index (χ4n) is 3.29. The minimum atomic E-state index is -0.0115. The number of amides is 1. The second-order valence-corrected chi connectivity index (χ2v) is 6.15. The smallest absolute Gasteiger partial charge is 0.230 e. The van der Waals surface area contributed by atoms with E-state index in [4.69, 9.17) is 0 Å². The standard InChI is InChI=1S/C16H21NO/c1-12-10-16(8-9-16)11-17(12)15(18)13(2)14-6-4-3-5-7-14/h3-7,12-13H,8-11H2,1-2H3/t12-,13?/m1/s1. The normalized spacial score (nSPS) is 26.3. The molecule has 0 N–H and O–H groups in total. The van der Waals surface area contributed by atoms with Gasteiger partial charge in [-0.15, -0.1) is 0 Å². The van der Waals surface area contributed by atoms with Crippen LogP contribution in [-0.4, -0.2) is 23.4 Å². The van der Waals surface area contributed by atoms with Crippen LogP contribution in [0.2, 0.25) is 0 Å². The third kappa shape index (κ3) is 1.94. The van der Waals surface area contributed by atoms with E-state index >= 15 is 0 Å². The van der Waals surface area contributed by atoms with Crippen LogP contribution in [0.3, 0.4) is 0 Å². The largest absolute Gasteiger partial charge is 0.339 e. The van der Waals surface area contributed by atoms with Gasteiger partial charge in [0.15, 0.2) is 0 Å². The maximum Gasteiger partial charge on any atom is 0.230 e. The lowest BCUT2D eigenvalue weighted by molar-refractivity contribution is -0.133. The molecule has 3 rings (SSSR count). The van der Waals surface area contributed by atoms with Crippen molar-refractivity contribution < 1.29 is 4.79 Å². The van der Waals surface area contributed by atoms with Gasteiger partial charge >= 0.3 is 0 Å². The maximum absolute atomic E-state index is 12.6. The van der Waals surface area contributed by atoms with Crippen molar-refractivity contribution in [2.75, 3.05) is 6.54 Å². The molecule has 1 saturated heterocycles. The SMILES string of the molecule is CC(C(=O)N1CC2(CC2)C[C@H]1C)c1ccccc1. The zero-order valence-electron chi connectivity index (χ0n) is 11.2. The van der Waals surface area contributed by atoms with E-state index in [1.54, 1.807) is 0 Å².